The van der Waals surface area contributed by atoms with Gasteiger partial charge in [-0.2, -0.15) is 0 Å². The molecule has 110 valence electrons. The molecule has 0 aromatic rings. The van der Waals surface area contributed by atoms with E-state index in [9.17, 15) is 9.90 Å². The summed E-state index contributed by atoms with van der Waals surface area (Å²) in [6.45, 7) is 1.54. The van der Waals surface area contributed by atoms with Gasteiger partial charge >= 0.3 is 0 Å². The molecule has 0 spiro atoms. The molecule has 2 saturated carbocycles. The fraction of sp³-hybridized carbons (Fsp3) is 0.857. The molecule has 5 nitrogen and oxygen atoms in total. The maximum absolute atomic E-state index is 11.1. The first-order valence-corrected chi connectivity index (χ1v) is 6.98. The molecule has 5 heteroatoms. The van der Waals surface area contributed by atoms with Crippen molar-refractivity contribution in [2.24, 2.45) is 23.5 Å². The van der Waals surface area contributed by atoms with Gasteiger partial charge in [0, 0.05) is 11.5 Å². The highest BCUT2D eigenvalue weighted by molar-refractivity contribution is 5.54. The Bertz CT molecular complexity index is 308. The molecule has 0 aliphatic heterocycles. The summed E-state index contributed by atoms with van der Waals surface area (Å²) in [6.07, 6.45) is 6.98. The quantitative estimate of drug-likeness (QED) is 0.655. The molecular weight excluding hydrogens is 246 g/mol. The fourth-order valence-electron chi connectivity index (χ4n) is 3.74. The number of rotatable bonds is 2. The first kappa shape index (κ1) is 16.1. The van der Waals surface area contributed by atoms with E-state index in [2.05, 4.69) is 0 Å². The topological polar surface area (TPSA) is 101 Å². The molecule has 0 bridgehead atoms. The minimum absolute atomic E-state index is 0.0137. The van der Waals surface area contributed by atoms with E-state index in [-0.39, 0.29) is 23.8 Å². The predicted molar refractivity (Wildman–Crippen MR) is 71.5 cm³/mol. The van der Waals surface area contributed by atoms with Crippen LogP contribution >= 0.6 is 0 Å². The molecule has 5 atom stereocenters. The van der Waals surface area contributed by atoms with E-state index < -0.39 is 6.10 Å². The summed E-state index contributed by atoms with van der Waals surface area (Å²) < 4.78 is 0. The van der Waals surface area contributed by atoms with E-state index in [0.29, 0.717) is 5.92 Å². The first-order valence-electron chi connectivity index (χ1n) is 6.98. The summed E-state index contributed by atoms with van der Waals surface area (Å²) >= 11 is 0. The third-order valence-corrected chi connectivity index (χ3v) is 4.77. The number of nitrogens with two attached hydrogens (primary N) is 1. The predicted octanol–water partition coefficient (Wildman–Crippen LogP) is 1.18. The van der Waals surface area contributed by atoms with E-state index in [4.69, 9.17) is 15.6 Å². The first-order chi connectivity index (χ1) is 8.98. The average molecular weight is 271 g/mol. The van der Waals surface area contributed by atoms with Gasteiger partial charge in [-0.1, -0.05) is 12.8 Å². The van der Waals surface area contributed by atoms with Crippen LogP contribution in [0.1, 0.15) is 45.4 Å². The minimum atomic E-state index is -0.418. The average Bonchev–Trinajstić information content (AvgIpc) is 2.37. The molecule has 2 rings (SSSR count). The van der Waals surface area contributed by atoms with Gasteiger partial charge in [-0.15, -0.1) is 0 Å². The van der Waals surface area contributed by atoms with E-state index in [0.717, 1.165) is 32.0 Å². The van der Waals surface area contributed by atoms with Gasteiger partial charge in [-0.25, -0.2) is 0 Å². The Morgan fingerprint density at radius 2 is 2.00 bits per heavy atom. The number of aliphatic hydroxyl groups excluding tert-OH is 1. The molecule has 0 aromatic heterocycles. The number of carbonyl (C=O) groups excluding carboxylic acids is 1. The van der Waals surface area contributed by atoms with Crippen LogP contribution in [0.15, 0.2) is 0 Å². The number of fused-ring (bicyclic) bond motifs is 1. The highest BCUT2D eigenvalue weighted by Crippen LogP contribution is 2.47. The lowest BCUT2D eigenvalue weighted by Gasteiger charge is -2.50. The zero-order chi connectivity index (χ0) is 14.5. The van der Waals surface area contributed by atoms with E-state index >= 15 is 0 Å². The molecule has 0 radical (unpaired) electrons. The van der Waals surface area contributed by atoms with Crippen molar-refractivity contribution in [1.82, 2.24) is 0 Å². The van der Waals surface area contributed by atoms with Crippen LogP contribution in [0.2, 0.25) is 0 Å². The van der Waals surface area contributed by atoms with Gasteiger partial charge in [0.25, 0.3) is 6.47 Å². The van der Waals surface area contributed by atoms with Crippen molar-refractivity contribution >= 4 is 12.8 Å². The summed E-state index contributed by atoms with van der Waals surface area (Å²) in [6, 6.07) is 0. The summed E-state index contributed by atoms with van der Waals surface area (Å²) in [5, 5.41) is 16.7. The molecule has 19 heavy (non-hydrogen) atoms. The lowest BCUT2D eigenvalue weighted by atomic mass is 9.58. The second-order valence-corrected chi connectivity index (χ2v) is 5.93. The Hall–Kier alpha value is -0.940. The number of carboxylic acid groups (broad SMARTS) is 1. The molecule has 0 aromatic carbocycles. The molecule has 2 unspecified atom stereocenters. The van der Waals surface area contributed by atoms with Crippen LogP contribution in [0.25, 0.3) is 0 Å². The zero-order valence-corrected chi connectivity index (χ0v) is 11.5. The van der Waals surface area contributed by atoms with E-state index in [1.165, 1.54) is 12.8 Å². The van der Waals surface area contributed by atoms with Crippen molar-refractivity contribution < 1.29 is 19.8 Å². The Labute approximate surface area is 114 Å². The molecule has 2 aliphatic rings. The van der Waals surface area contributed by atoms with Crippen LogP contribution in [0.3, 0.4) is 0 Å². The summed E-state index contributed by atoms with van der Waals surface area (Å²) in [4.78, 5) is 19.5. The van der Waals surface area contributed by atoms with E-state index in [1.54, 1.807) is 6.92 Å². The van der Waals surface area contributed by atoms with Gasteiger partial charge < -0.3 is 20.7 Å². The largest absolute Gasteiger partial charge is 0.483 e. The third-order valence-electron chi connectivity index (χ3n) is 4.77. The standard InChI is InChI=1S/C13H23NO2.CH2O2/c1-9(16)12-7-13(14)5-3-2-4-11(13)6-10(12)8-15;2-1-3/h8-12,16H,2-7,14H2,1H3;1H,(H,2,3)/t9-,10+,11+,12?,13?;/m1./s1. The molecule has 0 saturated heterocycles. The third kappa shape index (κ3) is 3.76. The number of aliphatic hydroxyl groups is 1. The van der Waals surface area contributed by atoms with Crippen molar-refractivity contribution in [2.45, 2.75) is 57.1 Å². The van der Waals surface area contributed by atoms with Gasteiger partial charge in [-0.05, 0) is 44.4 Å². The zero-order valence-electron chi connectivity index (χ0n) is 11.5. The van der Waals surface area contributed by atoms with Gasteiger partial charge in [-0.3, -0.25) is 4.79 Å². The van der Waals surface area contributed by atoms with Crippen molar-refractivity contribution in [3.05, 3.63) is 0 Å². The maximum atomic E-state index is 11.1. The molecule has 0 heterocycles. The van der Waals surface area contributed by atoms with Crippen molar-refractivity contribution in [2.75, 3.05) is 0 Å². The Balaban J connectivity index is 0.000000550. The lowest BCUT2D eigenvalue weighted by molar-refractivity contribution is -0.123. The Morgan fingerprint density at radius 3 is 2.53 bits per heavy atom. The van der Waals surface area contributed by atoms with Crippen LogP contribution in [-0.4, -0.2) is 34.6 Å². The van der Waals surface area contributed by atoms with Crippen molar-refractivity contribution in [3.63, 3.8) is 0 Å². The van der Waals surface area contributed by atoms with Crippen LogP contribution in [0.4, 0.5) is 0 Å². The van der Waals surface area contributed by atoms with Crippen LogP contribution in [-0.2, 0) is 9.59 Å². The monoisotopic (exact) mass is 271 g/mol. The van der Waals surface area contributed by atoms with E-state index in [1.807, 2.05) is 0 Å². The van der Waals surface area contributed by atoms with Gasteiger partial charge in [0.05, 0.1) is 6.10 Å². The number of aldehydes is 1. The van der Waals surface area contributed by atoms with Crippen molar-refractivity contribution in [3.8, 4) is 0 Å². The smallest absolute Gasteiger partial charge is 0.290 e. The summed E-state index contributed by atoms with van der Waals surface area (Å²) in [5.74, 6) is 0.572. The Morgan fingerprint density at radius 1 is 1.37 bits per heavy atom. The second-order valence-electron chi connectivity index (χ2n) is 5.93. The summed E-state index contributed by atoms with van der Waals surface area (Å²) in [5.41, 5.74) is 6.37. The van der Waals surface area contributed by atoms with Crippen LogP contribution in [0, 0.1) is 17.8 Å². The highest BCUT2D eigenvalue weighted by Gasteiger charge is 2.47. The molecule has 0 amide bonds. The summed E-state index contributed by atoms with van der Waals surface area (Å²) in [7, 11) is 0. The van der Waals surface area contributed by atoms with Crippen LogP contribution in [0.5, 0.6) is 0 Å². The van der Waals surface area contributed by atoms with Crippen LogP contribution < -0.4 is 5.73 Å². The SMILES string of the molecule is C[C@@H](O)C1CC2(N)CCCC[C@H]2C[C@H]1C=O.O=CO. The fourth-order valence-corrected chi connectivity index (χ4v) is 3.74. The lowest BCUT2D eigenvalue weighted by Crippen LogP contribution is -2.56. The Kier molecular flexibility index (Phi) is 5.94. The normalized spacial score (nSPS) is 39.2. The maximum Gasteiger partial charge on any atom is 0.290 e. The minimum Gasteiger partial charge on any atom is -0.483 e. The van der Waals surface area contributed by atoms with Gasteiger partial charge in [0.1, 0.15) is 6.29 Å². The second kappa shape index (κ2) is 7.01. The molecule has 2 fully saturated rings. The number of hydrogen-bond donors (Lipinski definition) is 3. The number of hydrogen-bond acceptors (Lipinski definition) is 4. The molecule has 4 N–H and O–H groups in total. The molecular formula is C14H25NO4. The number of carbonyl (C=O) groups is 2. The van der Waals surface area contributed by atoms with Crippen molar-refractivity contribution in [1.29, 1.82) is 0 Å². The van der Waals surface area contributed by atoms with Gasteiger partial charge in [0.15, 0.2) is 0 Å². The van der Waals surface area contributed by atoms with Gasteiger partial charge in [0.2, 0.25) is 0 Å². The highest BCUT2D eigenvalue weighted by atomic mass is 16.3. The molecule has 2 aliphatic carbocycles.